The zero-order chi connectivity index (χ0) is 26.6. The number of alkyl halides is 3. The van der Waals surface area contributed by atoms with E-state index in [2.05, 4.69) is 9.36 Å². The molecular weight excluding hydrogens is 506 g/mol. The molecule has 198 valence electrons. The fourth-order valence-corrected chi connectivity index (χ4v) is 5.11. The van der Waals surface area contributed by atoms with Gasteiger partial charge in [-0.05, 0) is 49.7 Å². The Balaban J connectivity index is 1.30. The van der Waals surface area contributed by atoms with Gasteiger partial charge in [0, 0.05) is 68.8 Å². The van der Waals surface area contributed by atoms with Crippen molar-refractivity contribution in [3.63, 3.8) is 0 Å². The van der Waals surface area contributed by atoms with Gasteiger partial charge in [-0.1, -0.05) is 18.2 Å². The minimum atomic E-state index is -4.38. The molecule has 0 radical (unpaired) electrons. The average molecular weight is 536 g/mol. The van der Waals surface area contributed by atoms with E-state index in [1.165, 1.54) is 29.7 Å². The highest BCUT2D eigenvalue weighted by molar-refractivity contribution is 7.09. The minimum Gasteiger partial charge on any atom is -0.368 e. The van der Waals surface area contributed by atoms with Crippen LogP contribution in [0.5, 0.6) is 0 Å². The van der Waals surface area contributed by atoms with Gasteiger partial charge in [-0.25, -0.2) is 9.37 Å². The van der Waals surface area contributed by atoms with Crippen LogP contribution in [0.3, 0.4) is 0 Å². The normalized spacial score (nSPS) is 14.4. The van der Waals surface area contributed by atoms with Gasteiger partial charge in [-0.15, -0.1) is 0 Å². The van der Waals surface area contributed by atoms with Gasteiger partial charge in [0.2, 0.25) is 11.0 Å². The Morgan fingerprint density at radius 2 is 1.78 bits per heavy atom. The number of piperazine rings is 1. The lowest BCUT2D eigenvalue weighted by atomic mass is 10.1. The highest BCUT2D eigenvalue weighted by Crippen LogP contribution is 2.32. The number of halogens is 4. The molecule has 0 bridgehead atoms. The van der Waals surface area contributed by atoms with Gasteiger partial charge in [0.05, 0.1) is 5.56 Å². The molecule has 1 aliphatic rings. The molecule has 0 saturated carbocycles. The van der Waals surface area contributed by atoms with Crippen molar-refractivity contribution >= 4 is 28.3 Å². The quantitative estimate of drug-likeness (QED) is 0.370. The van der Waals surface area contributed by atoms with Crippen molar-refractivity contribution in [3.8, 4) is 0 Å². The fraction of sp³-hybridized carbons (Fsp3) is 0.423. The monoisotopic (exact) mass is 535 g/mol. The van der Waals surface area contributed by atoms with Crippen LogP contribution in [0, 0.1) is 5.82 Å². The number of hydrogen-bond acceptors (Lipinski definition) is 6. The van der Waals surface area contributed by atoms with Crippen LogP contribution in [-0.4, -0.2) is 58.9 Å². The highest BCUT2D eigenvalue weighted by Gasteiger charge is 2.31. The van der Waals surface area contributed by atoms with E-state index >= 15 is 0 Å². The molecule has 4 rings (SSSR count). The number of rotatable bonds is 8. The first kappa shape index (κ1) is 26.8. The predicted molar refractivity (Wildman–Crippen MR) is 136 cm³/mol. The Kier molecular flexibility index (Phi) is 8.31. The van der Waals surface area contributed by atoms with Gasteiger partial charge in [-0.2, -0.15) is 17.5 Å². The van der Waals surface area contributed by atoms with Crippen molar-refractivity contribution in [2.24, 2.45) is 0 Å². The smallest absolute Gasteiger partial charge is 0.368 e. The molecule has 0 spiro atoms. The lowest BCUT2D eigenvalue weighted by molar-refractivity contribution is -0.137. The zero-order valence-electron chi connectivity index (χ0n) is 20.7. The molecule has 1 amide bonds. The van der Waals surface area contributed by atoms with E-state index < -0.39 is 11.7 Å². The molecule has 3 aromatic rings. The first-order chi connectivity index (χ1) is 17.6. The molecule has 1 fully saturated rings. The summed E-state index contributed by atoms with van der Waals surface area (Å²) < 4.78 is 56.7. The van der Waals surface area contributed by atoms with Crippen molar-refractivity contribution in [2.45, 2.75) is 38.9 Å². The number of anilines is 2. The summed E-state index contributed by atoms with van der Waals surface area (Å²) in [4.78, 5) is 23.3. The number of nitrogens with zero attached hydrogens (tertiary/aromatic N) is 5. The van der Waals surface area contributed by atoms with Crippen molar-refractivity contribution < 1.29 is 22.4 Å². The molecule has 0 aliphatic carbocycles. The second kappa shape index (κ2) is 11.5. The molecule has 0 N–H and O–H groups in total. The van der Waals surface area contributed by atoms with E-state index in [1.807, 2.05) is 23.6 Å². The van der Waals surface area contributed by atoms with E-state index in [-0.39, 0.29) is 17.8 Å². The maximum atomic E-state index is 13.2. The van der Waals surface area contributed by atoms with E-state index in [4.69, 9.17) is 0 Å². The van der Waals surface area contributed by atoms with E-state index in [0.29, 0.717) is 57.1 Å². The van der Waals surface area contributed by atoms with Gasteiger partial charge in [0.1, 0.15) is 11.6 Å². The highest BCUT2D eigenvalue weighted by atomic mass is 32.1. The molecule has 1 aromatic heterocycles. The number of aromatic nitrogens is 2. The van der Waals surface area contributed by atoms with Crippen LogP contribution < -0.4 is 9.80 Å². The molecule has 37 heavy (non-hydrogen) atoms. The molecule has 1 saturated heterocycles. The Labute approximate surface area is 217 Å². The third kappa shape index (κ3) is 6.97. The van der Waals surface area contributed by atoms with Crippen LogP contribution >= 0.6 is 11.5 Å². The Bertz CT molecular complexity index is 1190. The molecule has 2 heterocycles. The van der Waals surface area contributed by atoms with Crippen molar-refractivity contribution in [3.05, 3.63) is 71.3 Å². The second-order valence-electron chi connectivity index (χ2n) is 9.25. The SMILES string of the molecule is CC(C)N(CCC(=O)N1CCN(c2cccc(C(F)(F)F)c2)CC1)c1nc(Cc2ccc(F)cc2)ns1. The maximum absolute atomic E-state index is 13.2. The Morgan fingerprint density at radius 1 is 1.08 bits per heavy atom. The molecule has 0 unspecified atom stereocenters. The summed E-state index contributed by atoms with van der Waals surface area (Å²) in [7, 11) is 0. The van der Waals surface area contributed by atoms with Crippen LogP contribution in [0.15, 0.2) is 48.5 Å². The van der Waals surface area contributed by atoms with Crippen molar-refractivity contribution in [1.29, 1.82) is 0 Å². The third-order valence-electron chi connectivity index (χ3n) is 6.34. The van der Waals surface area contributed by atoms with Crippen molar-refractivity contribution in [2.75, 3.05) is 42.5 Å². The standard InChI is InChI=1S/C26H29F4N5OS/c1-18(2)35(25-31-23(32-37-25)16-19-6-8-21(27)9-7-19)11-10-24(36)34-14-12-33(13-15-34)22-5-3-4-20(17-22)26(28,29)30/h3-9,17-18H,10-16H2,1-2H3. The number of carbonyl (C=O) groups excluding carboxylic acids is 1. The van der Waals surface area contributed by atoms with Gasteiger partial charge >= 0.3 is 6.18 Å². The lowest BCUT2D eigenvalue weighted by Gasteiger charge is -2.37. The van der Waals surface area contributed by atoms with Crippen LogP contribution in [0.1, 0.15) is 37.2 Å². The van der Waals surface area contributed by atoms with Gasteiger partial charge in [0.25, 0.3) is 0 Å². The maximum Gasteiger partial charge on any atom is 0.416 e. The topological polar surface area (TPSA) is 52.6 Å². The molecular formula is C26H29F4N5OS. The number of carbonyl (C=O) groups is 1. The number of benzene rings is 2. The molecule has 1 aliphatic heterocycles. The zero-order valence-corrected chi connectivity index (χ0v) is 21.5. The molecule has 11 heteroatoms. The number of hydrogen-bond donors (Lipinski definition) is 0. The van der Waals surface area contributed by atoms with Gasteiger partial charge < -0.3 is 14.7 Å². The Hall–Kier alpha value is -3.21. The van der Waals surface area contributed by atoms with E-state index in [1.54, 1.807) is 23.1 Å². The largest absolute Gasteiger partial charge is 0.416 e. The van der Waals surface area contributed by atoms with E-state index in [9.17, 15) is 22.4 Å². The first-order valence-electron chi connectivity index (χ1n) is 12.1. The minimum absolute atomic E-state index is 0.00499. The summed E-state index contributed by atoms with van der Waals surface area (Å²) in [5.41, 5.74) is 0.761. The fourth-order valence-electron chi connectivity index (χ4n) is 4.26. The van der Waals surface area contributed by atoms with Crippen LogP contribution in [0.25, 0.3) is 0 Å². The third-order valence-corrected chi connectivity index (χ3v) is 7.13. The average Bonchev–Trinajstić information content (AvgIpc) is 3.33. The molecule has 2 aromatic carbocycles. The summed E-state index contributed by atoms with van der Waals surface area (Å²) in [6.07, 6.45) is -3.59. The summed E-state index contributed by atoms with van der Waals surface area (Å²) in [5.74, 6) is 0.364. The van der Waals surface area contributed by atoms with Gasteiger partial charge in [-0.3, -0.25) is 4.79 Å². The number of amides is 1. The van der Waals surface area contributed by atoms with Crippen LogP contribution in [0.2, 0.25) is 0 Å². The van der Waals surface area contributed by atoms with Crippen molar-refractivity contribution in [1.82, 2.24) is 14.3 Å². The second-order valence-corrected chi connectivity index (χ2v) is 9.98. The van der Waals surface area contributed by atoms with Gasteiger partial charge in [0.15, 0.2) is 0 Å². The molecule has 0 atom stereocenters. The van der Waals surface area contributed by atoms with E-state index in [0.717, 1.165) is 22.8 Å². The Morgan fingerprint density at radius 3 is 2.43 bits per heavy atom. The summed E-state index contributed by atoms with van der Waals surface area (Å²) in [6, 6.07) is 11.6. The summed E-state index contributed by atoms with van der Waals surface area (Å²) in [6.45, 7) is 6.40. The summed E-state index contributed by atoms with van der Waals surface area (Å²) in [5, 5.41) is 0.731. The summed E-state index contributed by atoms with van der Waals surface area (Å²) >= 11 is 1.28. The first-order valence-corrected chi connectivity index (χ1v) is 12.9. The van der Waals surface area contributed by atoms with Crippen LogP contribution in [-0.2, 0) is 17.4 Å². The lowest BCUT2D eigenvalue weighted by Crippen LogP contribution is -2.49. The molecule has 6 nitrogen and oxygen atoms in total. The van der Waals surface area contributed by atoms with Crippen LogP contribution in [0.4, 0.5) is 28.4 Å². The predicted octanol–water partition coefficient (Wildman–Crippen LogP) is 5.24.